The first-order valence-electron chi connectivity index (χ1n) is 8.60. The quantitative estimate of drug-likeness (QED) is 0.610. The van der Waals surface area contributed by atoms with Crippen molar-refractivity contribution in [1.29, 1.82) is 0 Å². The fraction of sp³-hybridized carbons (Fsp3) is 0.286. The van der Waals surface area contributed by atoms with Gasteiger partial charge in [-0.3, -0.25) is 4.79 Å². The number of amides is 1. The van der Waals surface area contributed by atoms with Gasteiger partial charge in [0.15, 0.2) is 11.5 Å². The summed E-state index contributed by atoms with van der Waals surface area (Å²) in [5, 5.41) is 0. The number of likely N-dealkylation sites (N-methyl/N-ethyl adjacent to an activating group) is 1. The molecule has 1 amide bonds. The number of aryl methyl sites for hydroxylation is 1. The van der Waals surface area contributed by atoms with Gasteiger partial charge in [0.05, 0.1) is 7.11 Å². The summed E-state index contributed by atoms with van der Waals surface area (Å²) >= 11 is 0. The molecule has 2 rings (SSSR count). The predicted molar refractivity (Wildman–Crippen MR) is 101 cm³/mol. The van der Waals surface area contributed by atoms with E-state index >= 15 is 0 Å². The van der Waals surface area contributed by atoms with Gasteiger partial charge in [0.25, 0.3) is 0 Å². The van der Waals surface area contributed by atoms with Crippen molar-refractivity contribution in [1.82, 2.24) is 4.90 Å². The Balaban J connectivity index is 1.97. The molecule has 4 nitrogen and oxygen atoms in total. The Hall–Kier alpha value is -2.89. The van der Waals surface area contributed by atoms with E-state index in [0.29, 0.717) is 12.1 Å². The van der Waals surface area contributed by atoms with Gasteiger partial charge in [-0.2, -0.15) is 8.78 Å². The molecule has 0 aromatic heterocycles. The van der Waals surface area contributed by atoms with Crippen LogP contribution in [0.2, 0.25) is 0 Å². The van der Waals surface area contributed by atoms with Gasteiger partial charge in [0.2, 0.25) is 5.91 Å². The van der Waals surface area contributed by atoms with Gasteiger partial charge in [-0.05, 0) is 30.5 Å². The minimum absolute atomic E-state index is 0.0919. The van der Waals surface area contributed by atoms with E-state index < -0.39 is 6.61 Å². The largest absolute Gasteiger partial charge is 0.493 e. The van der Waals surface area contributed by atoms with Gasteiger partial charge in [-0.25, -0.2) is 0 Å². The Kier molecular flexibility index (Phi) is 7.79. The summed E-state index contributed by atoms with van der Waals surface area (Å²) in [6.45, 7) is -2.39. The first-order chi connectivity index (χ1) is 13.0. The molecule has 27 heavy (non-hydrogen) atoms. The molecule has 144 valence electrons. The number of halogens is 2. The molecule has 0 fully saturated rings. The molecule has 0 atom stereocenters. The Morgan fingerprint density at radius 1 is 1.15 bits per heavy atom. The third-order valence-electron chi connectivity index (χ3n) is 4.02. The molecule has 0 aliphatic rings. The average Bonchev–Trinajstić information content (AvgIpc) is 2.67. The molecule has 0 bridgehead atoms. The van der Waals surface area contributed by atoms with Crippen LogP contribution in [0.5, 0.6) is 11.5 Å². The molecular formula is C21H23F2NO3. The number of para-hydroxylation sites is 1. The highest BCUT2D eigenvalue weighted by molar-refractivity contribution is 5.92. The molecule has 6 heteroatoms. The third kappa shape index (κ3) is 6.40. The lowest BCUT2D eigenvalue weighted by molar-refractivity contribution is -0.124. The number of nitrogens with zero attached hydrogens (tertiary/aromatic N) is 1. The predicted octanol–water partition coefficient (Wildman–Crippen LogP) is 4.40. The first kappa shape index (κ1) is 20.4. The van der Waals surface area contributed by atoms with E-state index in [-0.39, 0.29) is 17.4 Å². The number of benzene rings is 2. The lowest BCUT2D eigenvalue weighted by Gasteiger charge is -2.15. The second-order valence-corrected chi connectivity index (χ2v) is 5.94. The molecule has 2 aromatic rings. The Bertz CT molecular complexity index is 763. The topological polar surface area (TPSA) is 38.8 Å². The van der Waals surface area contributed by atoms with Crippen LogP contribution in [0.3, 0.4) is 0 Å². The number of hydrogen-bond donors (Lipinski definition) is 0. The van der Waals surface area contributed by atoms with Gasteiger partial charge in [0, 0.05) is 25.2 Å². The fourth-order valence-corrected chi connectivity index (χ4v) is 2.60. The minimum atomic E-state index is -2.98. The van der Waals surface area contributed by atoms with Gasteiger partial charge >= 0.3 is 6.61 Å². The van der Waals surface area contributed by atoms with Crippen LogP contribution in [0.15, 0.2) is 54.6 Å². The van der Waals surface area contributed by atoms with E-state index in [1.165, 1.54) is 30.9 Å². The van der Waals surface area contributed by atoms with Crippen LogP contribution >= 0.6 is 0 Å². The van der Waals surface area contributed by atoms with Crippen molar-refractivity contribution in [2.75, 3.05) is 20.7 Å². The van der Waals surface area contributed by atoms with Gasteiger partial charge in [-0.1, -0.05) is 42.5 Å². The monoisotopic (exact) mass is 375 g/mol. The summed E-state index contributed by atoms with van der Waals surface area (Å²) in [6, 6.07) is 14.8. The van der Waals surface area contributed by atoms with E-state index in [2.05, 4.69) is 16.9 Å². The Labute approximate surface area is 158 Å². The number of hydrogen-bond acceptors (Lipinski definition) is 3. The SMILES string of the molecule is COc1cccc(/C=C/C(=O)N(C)CCCc2ccccc2)c1OC(F)F. The average molecular weight is 375 g/mol. The van der Waals surface area contributed by atoms with E-state index in [1.54, 1.807) is 24.1 Å². The van der Waals surface area contributed by atoms with E-state index in [9.17, 15) is 13.6 Å². The van der Waals surface area contributed by atoms with Crippen molar-refractivity contribution >= 4 is 12.0 Å². The van der Waals surface area contributed by atoms with Gasteiger partial charge < -0.3 is 14.4 Å². The second-order valence-electron chi connectivity index (χ2n) is 5.94. The van der Waals surface area contributed by atoms with Crippen LogP contribution in [0, 0.1) is 0 Å². The zero-order chi connectivity index (χ0) is 19.6. The molecular weight excluding hydrogens is 352 g/mol. The summed E-state index contributed by atoms with van der Waals surface area (Å²) in [7, 11) is 3.08. The van der Waals surface area contributed by atoms with Gasteiger partial charge in [-0.15, -0.1) is 0 Å². The molecule has 0 aliphatic heterocycles. The maximum Gasteiger partial charge on any atom is 0.387 e. The second kappa shape index (κ2) is 10.3. The highest BCUT2D eigenvalue weighted by Gasteiger charge is 2.14. The van der Waals surface area contributed by atoms with Gasteiger partial charge in [0.1, 0.15) is 0 Å². The van der Waals surface area contributed by atoms with Crippen molar-refractivity contribution < 1.29 is 23.0 Å². The van der Waals surface area contributed by atoms with Crippen LogP contribution in [-0.2, 0) is 11.2 Å². The number of methoxy groups -OCH3 is 1. The van der Waals surface area contributed by atoms with Crippen LogP contribution in [0.1, 0.15) is 17.5 Å². The number of carbonyl (C=O) groups is 1. The van der Waals surface area contributed by atoms with Crippen molar-refractivity contribution in [3.05, 3.63) is 65.7 Å². The number of rotatable bonds is 9. The summed E-state index contributed by atoms with van der Waals surface area (Å²) in [5.74, 6) is -0.124. The number of ether oxygens (including phenoxy) is 2. The van der Waals surface area contributed by atoms with Crippen molar-refractivity contribution in [3.8, 4) is 11.5 Å². The summed E-state index contributed by atoms with van der Waals surface area (Å²) in [5.41, 5.74) is 1.57. The Morgan fingerprint density at radius 2 is 1.89 bits per heavy atom. The molecule has 0 unspecified atom stereocenters. The summed E-state index contributed by atoms with van der Waals surface area (Å²) < 4.78 is 34.9. The molecule has 0 radical (unpaired) electrons. The van der Waals surface area contributed by atoms with Crippen LogP contribution in [-0.4, -0.2) is 38.1 Å². The number of carbonyl (C=O) groups excluding carboxylic acids is 1. The molecule has 0 saturated heterocycles. The minimum Gasteiger partial charge on any atom is -0.493 e. The van der Waals surface area contributed by atoms with E-state index in [4.69, 9.17) is 4.74 Å². The maximum absolute atomic E-state index is 12.6. The van der Waals surface area contributed by atoms with Crippen molar-refractivity contribution in [2.24, 2.45) is 0 Å². The van der Waals surface area contributed by atoms with Crippen LogP contribution < -0.4 is 9.47 Å². The lowest BCUT2D eigenvalue weighted by atomic mass is 10.1. The van der Waals surface area contributed by atoms with Crippen molar-refractivity contribution in [2.45, 2.75) is 19.5 Å². The molecule has 0 saturated carbocycles. The molecule has 2 aromatic carbocycles. The standard InChI is InChI=1S/C21H23F2NO3/c1-24(15-7-10-16-8-4-3-5-9-16)19(25)14-13-17-11-6-12-18(26-2)20(17)27-21(22)23/h3-6,8-9,11-14,21H,7,10,15H2,1-2H3/b14-13+. The lowest BCUT2D eigenvalue weighted by Crippen LogP contribution is -2.26. The zero-order valence-corrected chi connectivity index (χ0v) is 15.4. The van der Waals surface area contributed by atoms with Crippen LogP contribution in [0.25, 0.3) is 6.08 Å². The highest BCUT2D eigenvalue weighted by Crippen LogP contribution is 2.33. The zero-order valence-electron chi connectivity index (χ0n) is 15.4. The third-order valence-corrected chi connectivity index (χ3v) is 4.02. The molecule has 0 N–H and O–H groups in total. The van der Waals surface area contributed by atoms with Crippen molar-refractivity contribution in [3.63, 3.8) is 0 Å². The first-order valence-corrected chi connectivity index (χ1v) is 8.60. The number of alkyl halides is 2. The normalized spacial score (nSPS) is 11.0. The molecule has 0 heterocycles. The maximum atomic E-state index is 12.6. The van der Waals surface area contributed by atoms with Crippen LogP contribution in [0.4, 0.5) is 8.78 Å². The van der Waals surface area contributed by atoms with E-state index in [0.717, 1.165) is 12.8 Å². The molecule has 0 aliphatic carbocycles. The Morgan fingerprint density at radius 3 is 2.56 bits per heavy atom. The molecule has 0 spiro atoms. The fourth-order valence-electron chi connectivity index (χ4n) is 2.60. The summed E-state index contributed by atoms with van der Waals surface area (Å²) in [4.78, 5) is 13.9. The summed E-state index contributed by atoms with van der Waals surface area (Å²) in [6.07, 6.45) is 4.51. The smallest absolute Gasteiger partial charge is 0.387 e. The highest BCUT2D eigenvalue weighted by atomic mass is 19.3. The van der Waals surface area contributed by atoms with E-state index in [1.807, 2.05) is 18.2 Å².